The number of hydrogen-bond donors (Lipinski definition) is 1. The largest absolute Gasteiger partial charge is 0.493 e. The first-order valence-electron chi connectivity index (χ1n) is 7.72. The van der Waals surface area contributed by atoms with Crippen LogP contribution in [0.15, 0.2) is 47.6 Å². The summed E-state index contributed by atoms with van der Waals surface area (Å²) >= 11 is 0. The highest BCUT2D eigenvalue weighted by Crippen LogP contribution is 2.31. The van der Waals surface area contributed by atoms with Crippen LogP contribution < -0.4 is 14.9 Å². The standard InChI is InChI=1S/C18H19F3N2O2/c1-3-11-25-17-13(5-4-6-16(17)24-2)12-22-23-15-9-7-14(8-10-15)18(19,20)21/h4-10,12,23H,3,11H2,1-2H3. The summed E-state index contributed by atoms with van der Waals surface area (Å²) in [6, 6.07) is 10.0. The third-order valence-corrected chi connectivity index (χ3v) is 3.29. The molecule has 1 N–H and O–H groups in total. The van der Waals surface area contributed by atoms with E-state index in [4.69, 9.17) is 9.47 Å². The van der Waals surface area contributed by atoms with E-state index >= 15 is 0 Å². The molecule has 0 radical (unpaired) electrons. The van der Waals surface area contributed by atoms with Crippen LogP contribution in [0.5, 0.6) is 11.5 Å². The number of benzene rings is 2. The highest BCUT2D eigenvalue weighted by atomic mass is 19.4. The first-order chi connectivity index (χ1) is 12.0. The number of methoxy groups -OCH3 is 1. The Bertz CT molecular complexity index is 713. The number of hydrazone groups is 1. The van der Waals surface area contributed by atoms with Crippen LogP contribution in [0, 0.1) is 0 Å². The summed E-state index contributed by atoms with van der Waals surface area (Å²) in [6.45, 7) is 2.53. The van der Waals surface area contributed by atoms with Crippen molar-refractivity contribution in [2.45, 2.75) is 19.5 Å². The zero-order chi connectivity index (χ0) is 18.3. The molecule has 0 saturated carbocycles. The van der Waals surface area contributed by atoms with E-state index in [-0.39, 0.29) is 0 Å². The molecule has 4 nitrogen and oxygen atoms in total. The van der Waals surface area contributed by atoms with Crippen molar-refractivity contribution in [2.24, 2.45) is 5.10 Å². The molecule has 0 aliphatic carbocycles. The van der Waals surface area contributed by atoms with E-state index in [0.29, 0.717) is 29.4 Å². The fraction of sp³-hybridized carbons (Fsp3) is 0.278. The van der Waals surface area contributed by atoms with Crippen molar-refractivity contribution in [1.29, 1.82) is 0 Å². The average Bonchev–Trinajstić information content (AvgIpc) is 2.60. The van der Waals surface area contributed by atoms with Gasteiger partial charge in [0, 0.05) is 5.56 Å². The van der Waals surface area contributed by atoms with Gasteiger partial charge in [-0.3, -0.25) is 5.43 Å². The number of halogens is 3. The van der Waals surface area contributed by atoms with Crippen molar-refractivity contribution in [1.82, 2.24) is 0 Å². The van der Waals surface area contributed by atoms with Crippen LogP contribution in [0.2, 0.25) is 0 Å². The zero-order valence-corrected chi connectivity index (χ0v) is 13.9. The fourth-order valence-corrected chi connectivity index (χ4v) is 2.06. The number of ether oxygens (including phenoxy) is 2. The third kappa shape index (κ3) is 5.14. The quantitative estimate of drug-likeness (QED) is 0.566. The Balaban J connectivity index is 2.11. The molecule has 0 fully saturated rings. The number of anilines is 1. The normalized spacial score (nSPS) is 11.6. The Morgan fingerprint density at radius 3 is 2.44 bits per heavy atom. The Hall–Kier alpha value is -2.70. The zero-order valence-electron chi connectivity index (χ0n) is 13.9. The maximum absolute atomic E-state index is 12.5. The van der Waals surface area contributed by atoms with E-state index in [1.807, 2.05) is 13.0 Å². The number of alkyl halides is 3. The molecule has 0 bridgehead atoms. The highest BCUT2D eigenvalue weighted by Gasteiger charge is 2.29. The summed E-state index contributed by atoms with van der Waals surface area (Å²) in [6.07, 6.45) is -1.97. The van der Waals surface area contributed by atoms with E-state index in [9.17, 15) is 13.2 Å². The van der Waals surface area contributed by atoms with Crippen molar-refractivity contribution in [3.8, 4) is 11.5 Å². The lowest BCUT2D eigenvalue weighted by Gasteiger charge is -2.12. The van der Waals surface area contributed by atoms with E-state index in [1.165, 1.54) is 18.3 Å². The number of rotatable bonds is 7. The molecule has 0 saturated heterocycles. The fourth-order valence-electron chi connectivity index (χ4n) is 2.06. The van der Waals surface area contributed by atoms with Crippen molar-refractivity contribution < 1.29 is 22.6 Å². The molecule has 0 amide bonds. The number of hydrogen-bond acceptors (Lipinski definition) is 4. The maximum atomic E-state index is 12.5. The second kappa shape index (κ2) is 8.41. The van der Waals surface area contributed by atoms with Gasteiger partial charge in [0.05, 0.1) is 31.2 Å². The molecule has 7 heteroatoms. The van der Waals surface area contributed by atoms with Gasteiger partial charge >= 0.3 is 6.18 Å². The van der Waals surface area contributed by atoms with Crippen molar-refractivity contribution in [2.75, 3.05) is 19.1 Å². The average molecular weight is 352 g/mol. The van der Waals surface area contributed by atoms with E-state index < -0.39 is 11.7 Å². The molecule has 134 valence electrons. The molecule has 2 aromatic carbocycles. The molecule has 2 rings (SSSR count). The van der Waals surface area contributed by atoms with Gasteiger partial charge in [0.25, 0.3) is 0 Å². The van der Waals surface area contributed by atoms with Gasteiger partial charge in [-0.25, -0.2) is 0 Å². The molecule has 25 heavy (non-hydrogen) atoms. The monoisotopic (exact) mass is 352 g/mol. The van der Waals surface area contributed by atoms with Gasteiger partial charge in [-0.15, -0.1) is 0 Å². The van der Waals surface area contributed by atoms with Gasteiger partial charge in [-0.1, -0.05) is 13.0 Å². The Labute approximate surface area is 144 Å². The second-order valence-electron chi connectivity index (χ2n) is 5.17. The van der Waals surface area contributed by atoms with E-state index in [0.717, 1.165) is 18.6 Å². The molecule has 0 atom stereocenters. The van der Waals surface area contributed by atoms with Crippen LogP contribution in [0.3, 0.4) is 0 Å². The summed E-state index contributed by atoms with van der Waals surface area (Å²) in [7, 11) is 1.55. The third-order valence-electron chi connectivity index (χ3n) is 3.29. The van der Waals surface area contributed by atoms with Gasteiger partial charge in [0.15, 0.2) is 11.5 Å². The SMILES string of the molecule is CCCOc1c(C=NNc2ccc(C(F)(F)F)cc2)cccc1OC. The molecule has 0 heterocycles. The smallest absolute Gasteiger partial charge is 0.416 e. The predicted octanol–water partition coefficient (Wildman–Crippen LogP) is 4.95. The summed E-state index contributed by atoms with van der Waals surface area (Å²) in [5.74, 6) is 1.16. The minimum absolute atomic E-state index is 0.447. The van der Waals surface area contributed by atoms with E-state index in [2.05, 4.69) is 10.5 Å². The Kier molecular flexibility index (Phi) is 6.27. The molecular weight excluding hydrogens is 333 g/mol. The second-order valence-corrected chi connectivity index (χ2v) is 5.17. The van der Waals surface area contributed by atoms with Crippen LogP contribution in [-0.2, 0) is 6.18 Å². The number of nitrogens with one attached hydrogen (secondary N) is 1. The van der Waals surface area contributed by atoms with Crippen LogP contribution in [0.4, 0.5) is 18.9 Å². The molecule has 0 aliphatic heterocycles. The predicted molar refractivity (Wildman–Crippen MR) is 91.4 cm³/mol. The van der Waals surface area contributed by atoms with E-state index in [1.54, 1.807) is 19.2 Å². The highest BCUT2D eigenvalue weighted by molar-refractivity contribution is 5.85. The molecular formula is C18H19F3N2O2. The summed E-state index contributed by atoms with van der Waals surface area (Å²) in [5, 5.41) is 4.06. The first kappa shape index (κ1) is 18.6. The molecule has 0 aliphatic rings. The molecule has 0 aromatic heterocycles. The van der Waals surface area contributed by atoms with Crippen LogP contribution in [-0.4, -0.2) is 19.9 Å². The Morgan fingerprint density at radius 1 is 1.12 bits per heavy atom. The first-order valence-corrected chi connectivity index (χ1v) is 7.72. The van der Waals surface area contributed by atoms with Gasteiger partial charge in [-0.05, 0) is 42.8 Å². The van der Waals surface area contributed by atoms with Crippen LogP contribution in [0.25, 0.3) is 0 Å². The lowest BCUT2D eigenvalue weighted by atomic mass is 10.2. The lowest BCUT2D eigenvalue weighted by Crippen LogP contribution is -2.04. The van der Waals surface area contributed by atoms with Crippen molar-refractivity contribution in [3.63, 3.8) is 0 Å². The lowest BCUT2D eigenvalue weighted by molar-refractivity contribution is -0.137. The topological polar surface area (TPSA) is 42.8 Å². The van der Waals surface area contributed by atoms with Gasteiger partial charge in [0.2, 0.25) is 0 Å². The number of para-hydroxylation sites is 1. The van der Waals surface area contributed by atoms with Gasteiger partial charge < -0.3 is 9.47 Å². The molecule has 2 aromatic rings. The van der Waals surface area contributed by atoms with Crippen LogP contribution in [0.1, 0.15) is 24.5 Å². The maximum Gasteiger partial charge on any atom is 0.416 e. The van der Waals surface area contributed by atoms with Crippen molar-refractivity contribution in [3.05, 3.63) is 53.6 Å². The molecule has 0 spiro atoms. The van der Waals surface area contributed by atoms with Gasteiger partial charge in [-0.2, -0.15) is 18.3 Å². The van der Waals surface area contributed by atoms with Crippen molar-refractivity contribution >= 4 is 11.9 Å². The Morgan fingerprint density at radius 2 is 1.84 bits per heavy atom. The minimum atomic E-state index is -4.35. The van der Waals surface area contributed by atoms with Crippen LogP contribution >= 0.6 is 0 Å². The number of nitrogens with zero attached hydrogens (tertiary/aromatic N) is 1. The van der Waals surface area contributed by atoms with Gasteiger partial charge in [0.1, 0.15) is 0 Å². The summed E-state index contributed by atoms with van der Waals surface area (Å²) in [4.78, 5) is 0. The summed E-state index contributed by atoms with van der Waals surface area (Å²) < 4.78 is 48.6. The summed E-state index contributed by atoms with van der Waals surface area (Å²) in [5.41, 5.74) is 3.14. The molecule has 0 unspecified atom stereocenters. The minimum Gasteiger partial charge on any atom is -0.493 e.